The second-order valence-corrected chi connectivity index (χ2v) is 6.10. The van der Waals surface area contributed by atoms with E-state index < -0.39 is 4.92 Å². The third-order valence-corrected chi connectivity index (χ3v) is 4.69. The van der Waals surface area contributed by atoms with Gasteiger partial charge in [0.25, 0.3) is 5.69 Å². The number of non-ortho nitro benzene ring substituents is 1. The molecule has 0 saturated heterocycles. The highest BCUT2D eigenvalue weighted by Crippen LogP contribution is 2.28. The van der Waals surface area contributed by atoms with Crippen LogP contribution < -0.4 is 0 Å². The number of thioether (sulfide) groups is 1. The van der Waals surface area contributed by atoms with Crippen LogP contribution in [0.3, 0.4) is 0 Å². The van der Waals surface area contributed by atoms with Gasteiger partial charge >= 0.3 is 0 Å². The Kier molecular flexibility index (Phi) is 4.66. The average Bonchev–Trinajstić information content (AvgIpc) is 3.18. The van der Waals surface area contributed by atoms with E-state index in [-0.39, 0.29) is 5.69 Å². The number of benzene rings is 1. The van der Waals surface area contributed by atoms with Gasteiger partial charge in [0.2, 0.25) is 0 Å². The Morgan fingerprint density at radius 1 is 1.25 bits per heavy atom. The minimum Gasteiger partial charge on any atom is -0.469 e. The van der Waals surface area contributed by atoms with Gasteiger partial charge in [0.1, 0.15) is 5.76 Å². The Labute approximate surface area is 142 Å². The predicted octanol–water partition coefficient (Wildman–Crippen LogP) is 4.07. The van der Waals surface area contributed by atoms with E-state index in [0.29, 0.717) is 5.75 Å². The van der Waals surface area contributed by atoms with Crippen molar-refractivity contribution < 1.29 is 9.34 Å². The van der Waals surface area contributed by atoms with Crippen LogP contribution in [0.5, 0.6) is 0 Å². The maximum absolute atomic E-state index is 10.7. The lowest BCUT2D eigenvalue weighted by Crippen LogP contribution is -2.00. The summed E-state index contributed by atoms with van der Waals surface area (Å²) in [5.41, 5.74) is 2.03. The molecule has 7 nitrogen and oxygen atoms in total. The van der Waals surface area contributed by atoms with Crippen LogP contribution in [0.4, 0.5) is 5.69 Å². The summed E-state index contributed by atoms with van der Waals surface area (Å²) in [6.07, 6.45) is 1.64. The summed E-state index contributed by atoms with van der Waals surface area (Å²) in [7, 11) is 0. The molecule has 24 heavy (non-hydrogen) atoms. The van der Waals surface area contributed by atoms with Gasteiger partial charge in [-0.15, -0.1) is 10.2 Å². The van der Waals surface area contributed by atoms with Crippen molar-refractivity contribution in [3.05, 3.63) is 58.0 Å². The SMILES string of the molecule is CCn1c(SCc2ccc([N+](=O)[O-])cc2)nnc1-c1ccoc1C. The second-order valence-electron chi connectivity index (χ2n) is 5.15. The van der Waals surface area contributed by atoms with E-state index in [2.05, 4.69) is 10.2 Å². The van der Waals surface area contributed by atoms with Gasteiger partial charge < -0.3 is 8.98 Å². The van der Waals surface area contributed by atoms with E-state index in [4.69, 9.17) is 4.42 Å². The number of rotatable bonds is 6. The zero-order valence-corrected chi connectivity index (χ0v) is 14.1. The van der Waals surface area contributed by atoms with E-state index in [1.54, 1.807) is 30.2 Å². The molecule has 2 heterocycles. The minimum atomic E-state index is -0.399. The molecule has 0 spiro atoms. The third kappa shape index (κ3) is 3.18. The first-order valence-electron chi connectivity index (χ1n) is 7.44. The van der Waals surface area contributed by atoms with E-state index in [0.717, 1.165) is 34.4 Å². The van der Waals surface area contributed by atoms with Crippen LogP contribution in [0.15, 0.2) is 46.2 Å². The molecule has 0 fully saturated rings. The molecule has 0 aliphatic carbocycles. The number of furan rings is 1. The fourth-order valence-corrected chi connectivity index (χ4v) is 3.32. The van der Waals surface area contributed by atoms with Crippen LogP contribution in [0.1, 0.15) is 18.2 Å². The van der Waals surface area contributed by atoms with Gasteiger partial charge in [0.05, 0.1) is 16.7 Å². The number of hydrogen-bond donors (Lipinski definition) is 0. The Balaban J connectivity index is 1.77. The number of nitro groups is 1. The smallest absolute Gasteiger partial charge is 0.269 e. The first-order chi connectivity index (χ1) is 11.6. The third-order valence-electron chi connectivity index (χ3n) is 3.65. The van der Waals surface area contributed by atoms with Crippen molar-refractivity contribution in [2.75, 3.05) is 0 Å². The topological polar surface area (TPSA) is 87.0 Å². The van der Waals surface area contributed by atoms with Crippen LogP contribution in [0, 0.1) is 17.0 Å². The van der Waals surface area contributed by atoms with Crippen molar-refractivity contribution >= 4 is 17.4 Å². The molecule has 0 amide bonds. The molecule has 8 heteroatoms. The monoisotopic (exact) mass is 344 g/mol. The maximum Gasteiger partial charge on any atom is 0.269 e. The van der Waals surface area contributed by atoms with Crippen molar-refractivity contribution in [2.45, 2.75) is 31.3 Å². The Morgan fingerprint density at radius 2 is 2.00 bits per heavy atom. The molecule has 0 N–H and O–H groups in total. The largest absolute Gasteiger partial charge is 0.469 e. The summed E-state index contributed by atoms with van der Waals surface area (Å²) in [6.45, 7) is 4.68. The van der Waals surface area contributed by atoms with Crippen molar-refractivity contribution in [2.24, 2.45) is 0 Å². The highest BCUT2D eigenvalue weighted by atomic mass is 32.2. The number of aryl methyl sites for hydroxylation is 1. The zero-order valence-electron chi connectivity index (χ0n) is 13.3. The fourth-order valence-electron chi connectivity index (χ4n) is 2.36. The van der Waals surface area contributed by atoms with Crippen LogP contribution >= 0.6 is 11.8 Å². The molecule has 124 valence electrons. The Morgan fingerprint density at radius 3 is 2.58 bits per heavy atom. The normalized spacial score (nSPS) is 10.9. The quantitative estimate of drug-likeness (QED) is 0.380. The molecule has 0 atom stereocenters. The van der Waals surface area contributed by atoms with Crippen molar-refractivity contribution in [3.8, 4) is 11.4 Å². The molecule has 0 saturated carbocycles. The van der Waals surface area contributed by atoms with Gasteiger partial charge in [-0.3, -0.25) is 10.1 Å². The molecule has 0 bridgehead atoms. The summed E-state index contributed by atoms with van der Waals surface area (Å²) in [5, 5.41) is 20.1. The Hall–Kier alpha value is -2.61. The molecule has 1 aromatic carbocycles. The lowest BCUT2D eigenvalue weighted by molar-refractivity contribution is -0.384. The van der Waals surface area contributed by atoms with Crippen LogP contribution in [-0.2, 0) is 12.3 Å². The summed E-state index contributed by atoms with van der Waals surface area (Å²) in [5.74, 6) is 2.26. The minimum absolute atomic E-state index is 0.0956. The van der Waals surface area contributed by atoms with Crippen LogP contribution in [-0.4, -0.2) is 19.7 Å². The fraction of sp³-hybridized carbons (Fsp3) is 0.250. The zero-order chi connectivity index (χ0) is 17.1. The van der Waals surface area contributed by atoms with Gasteiger partial charge in [-0.2, -0.15) is 0 Å². The molecule has 0 aliphatic heterocycles. The number of hydrogen-bond acceptors (Lipinski definition) is 6. The summed E-state index contributed by atoms with van der Waals surface area (Å²) in [6, 6.07) is 8.44. The number of aromatic nitrogens is 3. The summed E-state index contributed by atoms with van der Waals surface area (Å²) < 4.78 is 7.38. The second kappa shape index (κ2) is 6.88. The van der Waals surface area contributed by atoms with E-state index in [9.17, 15) is 10.1 Å². The van der Waals surface area contributed by atoms with Crippen LogP contribution in [0.2, 0.25) is 0 Å². The first kappa shape index (κ1) is 16.3. The van der Waals surface area contributed by atoms with Gasteiger partial charge in [0, 0.05) is 24.4 Å². The summed E-state index contributed by atoms with van der Waals surface area (Å²) in [4.78, 5) is 10.3. The molecule has 3 rings (SSSR count). The average molecular weight is 344 g/mol. The van der Waals surface area contributed by atoms with Gasteiger partial charge in [-0.1, -0.05) is 23.9 Å². The molecular weight excluding hydrogens is 328 g/mol. The van der Waals surface area contributed by atoms with Crippen LogP contribution in [0.25, 0.3) is 11.4 Å². The van der Waals surface area contributed by atoms with Crippen molar-refractivity contribution in [3.63, 3.8) is 0 Å². The molecule has 0 aliphatic rings. The van der Waals surface area contributed by atoms with Crippen molar-refractivity contribution in [1.29, 1.82) is 0 Å². The Bertz CT molecular complexity index is 855. The molecule has 3 aromatic rings. The lowest BCUT2D eigenvalue weighted by Gasteiger charge is -2.06. The van der Waals surface area contributed by atoms with E-state index in [1.807, 2.05) is 24.5 Å². The highest BCUT2D eigenvalue weighted by molar-refractivity contribution is 7.98. The van der Waals surface area contributed by atoms with E-state index in [1.165, 1.54) is 12.1 Å². The standard InChI is InChI=1S/C16H16N4O3S/c1-3-19-15(14-8-9-23-11(14)2)17-18-16(19)24-10-12-4-6-13(7-5-12)20(21)22/h4-9H,3,10H2,1-2H3. The lowest BCUT2D eigenvalue weighted by atomic mass is 10.2. The molecular formula is C16H16N4O3S. The van der Waals surface area contributed by atoms with Gasteiger partial charge in [-0.05, 0) is 25.5 Å². The highest BCUT2D eigenvalue weighted by Gasteiger charge is 2.16. The summed E-state index contributed by atoms with van der Waals surface area (Å²) >= 11 is 1.55. The van der Waals surface area contributed by atoms with E-state index >= 15 is 0 Å². The molecule has 2 aromatic heterocycles. The molecule has 0 radical (unpaired) electrons. The van der Waals surface area contributed by atoms with Gasteiger partial charge in [-0.25, -0.2) is 0 Å². The molecule has 0 unspecified atom stereocenters. The maximum atomic E-state index is 10.7. The number of nitrogens with zero attached hydrogens (tertiary/aromatic N) is 4. The van der Waals surface area contributed by atoms with Gasteiger partial charge in [0.15, 0.2) is 11.0 Å². The van der Waals surface area contributed by atoms with Crippen molar-refractivity contribution in [1.82, 2.24) is 14.8 Å². The predicted molar refractivity (Wildman–Crippen MR) is 90.8 cm³/mol. The first-order valence-corrected chi connectivity index (χ1v) is 8.42. The number of nitro benzene ring substituents is 1.